The Hall–Kier alpha value is -0.900. The molecule has 0 aliphatic heterocycles. The van der Waals surface area contributed by atoms with E-state index in [1.807, 2.05) is 0 Å². The van der Waals surface area contributed by atoms with Gasteiger partial charge in [-0.05, 0) is 6.92 Å². The van der Waals surface area contributed by atoms with Gasteiger partial charge in [-0.2, -0.15) is 0 Å². The summed E-state index contributed by atoms with van der Waals surface area (Å²) in [5, 5.41) is 9.05. The van der Waals surface area contributed by atoms with Crippen molar-refractivity contribution in [2.75, 3.05) is 6.61 Å². The van der Waals surface area contributed by atoms with Gasteiger partial charge in [0.05, 0.1) is 6.61 Å². The maximum absolute atomic E-state index is 10.8. The molecule has 0 aliphatic carbocycles. The fourth-order valence-electron chi connectivity index (χ4n) is 0.682. The van der Waals surface area contributed by atoms with Crippen LogP contribution in [0.4, 0.5) is 0 Å². The number of carbonyl (C=O) groups excluding carboxylic acids is 2. The summed E-state index contributed by atoms with van der Waals surface area (Å²) in [5.41, 5.74) is 0. The predicted octanol–water partition coefficient (Wildman–Crippen LogP) is 0.280. The lowest BCUT2D eigenvalue weighted by atomic mass is 10.1. The van der Waals surface area contributed by atoms with Crippen molar-refractivity contribution in [1.82, 2.24) is 0 Å². The molecule has 0 rings (SSSR count). The minimum atomic E-state index is -1.29. The minimum Gasteiger partial charge on any atom is -0.464 e. The van der Waals surface area contributed by atoms with E-state index in [2.05, 4.69) is 4.74 Å². The van der Waals surface area contributed by atoms with Crippen LogP contribution in [0, 0.1) is 0 Å². The van der Waals surface area contributed by atoms with Gasteiger partial charge in [0.25, 0.3) is 0 Å². The largest absolute Gasteiger partial charge is 0.464 e. The molecule has 0 aromatic rings. The lowest BCUT2D eigenvalue weighted by Gasteiger charge is -2.07. The highest BCUT2D eigenvalue weighted by Gasteiger charge is 2.18. The SMILES string of the molecule is CCOC(=O)[C@H](O)CC(=O)CC. The maximum Gasteiger partial charge on any atom is 0.335 e. The topological polar surface area (TPSA) is 63.6 Å². The summed E-state index contributed by atoms with van der Waals surface area (Å²) in [6.45, 7) is 3.54. The first-order valence-electron chi connectivity index (χ1n) is 3.98. The van der Waals surface area contributed by atoms with E-state index in [0.717, 1.165) is 0 Å². The number of aliphatic hydroxyl groups is 1. The molecule has 0 saturated carbocycles. The van der Waals surface area contributed by atoms with Crippen molar-refractivity contribution in [3.05, 3.63) is 0 Å². The Bertz CT molecular complexity index is 164. The third kappa shape index (κ3) is 4.08. The predicted molar refractivity (Wildman–Crippen MR) is 42.6 cm³/mol. The number of hydrogen-bond donors (Lipinski definition) is 1. The van der Waals surface area contributed by atoms with Crippen molar-refractivity contribution >= 4 is 11.8 Å². The fraction of sp³-hybridized carbons (Fsp3) is 0.750. The maximum atomic E-state index is 10.8. The molecule has 0 fully saturated rings. The summed E-state index contributed by atoms with van der Waals surface area (Å²) in [6, 6.07) is 0. The van der Waals surface area contributed by atoms with Crippen LogP contribution in [-0.2, 0) is 14.3 Å². The fourth-order valence-corrected chi connectivity index (χ4v) is 0.682. The molecule has 0 aromatic carbocycles. The summed E-state index contributed by atoms with van der Waals surface area (Å²) in [6.07, 6.45) is -1.11. The van der Waals surface area contributed by atoms with Crippen molar-refractivity contribution in [3.63, 3.8) is 0 Å². The highest BCUT2D eigenvalue weighted by atomic mass is 16.5. The van der Waals surface area contributed by atoms with Crippen LogP contribution in [0.3, 0.4) is 0 Å². The van der Waals surface area contributed by atoms with Gasteiger partial charge >= 0.3 is 5.97 Å². The second kappa shape index (κ2) is 5.71. The molecule has 0 saturated heterocycles. The lowest BCUT2D eigenvalue weighted by Crippen LogP contribution is -2.25. The van der Waals surface area contributed by atoms with E-state index in [1.165, 1.54) is 0 Å². The van der Waals surface area contributed by atoms with Crippen molar-refractivity contribution in [3.8, 4) is 0 Å². The van der Waals surface area contributed by atoms with Crippen LogP contribution in [-0.4, -0.2) is 29.6 Å². The molecule has 0 aromatic heterocycles. The first-order chi connectivity index (χ1) is 5.61. The number of esters is 1. The average Bonchev–Trinajstić information content (AvgIpc) is 2.04. The minimum absolute atomic E-state index is 0.143. The third-order valence-corrected chi connectivity index (χ3v) is 1.37. The molecule has 0 amide bonds. The summed E-state index contributed by atoms with van der Waals surface area (Å²) in [7, 11) is 0. The summed E-state index contributed by atoms with van der Waals surface area (Å²) in [4.78, 5) is 21.5. The zero-order valence-corrected chi connectivity index (χ0v) is 7.37. The summed E-state index contributed by atoms with van der Waals surface area (Å²) in [5.74, 6) is -0.866. The first-order valence-corrected chi connectivity index (χ1v) is 3.98. The molecule has 12 heavy (non-hydrogen) atoms. The standard InChI is InChI=1S/C8H14O4/c1-3-6(9)5-7(10)8(11)12-4-2/h7,10H,3-5H2,1-2H3/t7-/m1/s1. The number of aliphatic hydroxyl groups excluding tert-OH is 1. The number of ether oxygens (including phenoxy) is 1. The zero-order chi connectivity index (χ0) is 9.56. The molecule has 70 valence electrons. The highest BCUT2D eigenvalue weighted by molar-refractivity contribution is 5.85. The van der Waals surface area contributed by atoms with Crippen molar-refractivity contribution in [2.24, 2.45) is 0 Å². The van der Waals surface area contributed by atoms with E-state index in [4.69, 9.17) is 5.11 Å². The normalized spacial score (nSPS) is 12.2. The Morgan fingerprint density at radius 2 is 2.00 bits per heavy atom. The van der Waals surface area contributed by atoms with E-state index in [9.17, 15) is 9.59 Å². The van der Waals surface area contributed by atoms with Gasteiger partial charge in [-0.1, -0.05) is 6.92 Å². The second-order valence-electron chi connectivity index (χ2n) is 2.36. The molecule has 0 spiro atoms. The van der Waals surface area contributed by atoms with Gasteiger partial charge in [0.15, 0.2) is 6.10 Å². The van der Waals surface area contributed by atoms with E-state index in [0.29, 0.717) is 6.42 Å². The van der Waals surface area contributed by atoms with Crippen LogP contribution in [0.15, 0.2) is 0 Å². The van der Waals surface area contributed by atoms with E-state index < -0.39 is 12.1 Å². The Kier molecular flexibility index (Phi) is 5.28. The Labute approximate surface area is 71.5 Å². The molecule has 0 radical (unpaired) electrons. The van der Waals surface area contributed by atoms with Crippen LogP contribution in [0.2, 0.25) is 0 Å². The molecule has 0 unspecified atom stereocenters. The van der Waals surface area contributed by atoms with E-state index in [1.54, 1.807) is 13.8 Å². The van der Waals surface area contributed by atoms with Crippen molar-refractivity contribution in [1.29, 1.82) is 0 Å². The number of ketones is 1. The molecular formula is C8H14O4. The van der Waals surface area contributed by atoms with Gasteiger partial charge in [0.2, 0.25) is 0 Å². The number of hydrogen-bond acceptors (Lipinski definition) is 4. The number of carbonyl (C=O) groups is 2. The van der Waals surface area contributed by atoms with Crippen molar-refractivity contribution < 1.29 is 19.4 Å². The monoisotopic (exact) mass is 174 g/mol. The zero-order valence-electron chi connectivity index (χ0n) is 7.37. The van der Waals surface area contributed by atoms with Gasteiger partial charge in [-0.25, -0.2) is 4.79 Å². The van der Waals surface area contributed by atoms with Gasteiger partial charge in [-0.3, -0.25) is 4.79 Å². The molecular weight excluding hydrogens is 160 g/mol. The molecule has 0 heterocycles. The van der Waals surface area contributed by atoms with Crippen LogP contribution in [0.25, 0.3) is 0 Å². The quantitative estimate of drug-likeness (QED) is 0.608. The van der Waals surface area contributed by atoms with Gasteiger partial charge in [0.1, 0.15) is 5.78 Å². The smallest absolute Gasteiger partial charge is 0.335 e. The van der Waals surface area contributed by atoms with Crippen LogP contribution in [0.5, 0.6) is 0 Å². The van der Waals surface area contributed by atoms with Gasteiger partial charge in [-0.15, -0.1) is 0 Å². The number of Topliss-reactive ketones (excluding diaryl/α,β-unsaturated/α-hetero) is 1. The number of rotatable bonds is 5. The molecule has 0 bridgehead atoms. The molecule has 0 aliphatic rings. The third-order valence-electron chi connectivity index (χ3n) is 1.37. The Morgan fingerprint density at radius 1 is 1.42 bits per heavy atom. The highest BCUT2D eigenvalue weighted by Crippen LogP contribution is 1.98. The summed E-state index contributed by atoms with van der Waals surface area (Å²) < 4.78 is 4.51. The second-order valence-corrected chi connectivity index (χ2v) is 2.36. The Morgan fingerprint density at radius 3 is 2.42 bits per heavy atom. The van der Waals surface area contributed by atoms with Crippen molar-refractivity contribution in [2.45, 2.75) is 32.8 Å². The van der Waals surface area contributed by atoms with Gasteiger partial charge < -0.3 is 9.84 Å². The molecule has 4 heteroatoms. The summed E-state index contributed by atoms with van der Waals surface area (Å²) >= 11 is 0. The molecule has 1 N–H and O–H groups in total. The van der Waals surface area contributed by atoms with E-state index >= 15 is 0 Å². The van der Waals surface area contributed by atoms with Crippen LogP contribution >= 0.6 is 0 Å². The first kappa shape index (κ1) is 11.1. The average molecular weight is 174 g/mol. The van der Waals surface area contributed by atoms with Crippen LogP contribution in [0.1, 0.15) is 26.7 Å². The Balaban J connectivity index is 3.78. The van der Waals surface area contributed by atoms with E-state index in [-0.39, 0.29) is 18.8 Å². The lowest BCUT2D eigenvalue weighted by molar-refractivity contribution is -0.154. The molecule has 1 atom stereocenters. The molecule has 4 nitrogen and oxygen atoms in total. The van der Waals surface area contributed by atoms with Crippen LogP contribution < -0.4 is 0 Å². The van der Waals surface area contributed by atoms with Gasteiger partial charge in [0, 0.05) is 12.8 Å².